The van der Waals surface area contributed by atoms with Crippen LogP contribution >= 0.6 is 0 Å². The third-order valence-electron chi connectivity index (χ3n) is 14.4. The third kappa shape index (κ3) is 13.7. The number of amides is 3. The Bertz CT molecular complexity index is 1920. The Labute approximate surface area is 397 Å². The van der Waals surface area contributed by atoms with Gasteiger partial charge in [-0.25, -0.2) is 9.59 Å². The zero-order valence-corrected chi connectivity index (χ0v) is 40.9. The first-order chi connectivity index (χ1) is 31.9. The monoisotopic (exact) mass is 936 g/mol. The second-order valence-electron chi connectivity index (χ2n) is 19.5. The van der Waals surface area contributed by atoms with Gasteiger partial charge in [0.05, 0.1) is 37.1 Å². The van der Waals surface area contributed by atoms with Crippen molar-refractivity contribution in [2.24, 2.45) is 29.6 Å². The molecule has 1 aliphatic carbocycles. The number of nitrogens with one attached hydrogen (secondary N) is 2. The quantitative estimate of drug-likeness (QED) is 0.108. The molecule has 0 radical (unpaired) electrons. The number of aliphatic hydroxyl groups is 2. The number of piperidine rings is 1. The average Bonchev–Trinajstić information content (AvgIpc) is 3.31. The average molecular weight is 936 g/mol. The van der Waals surface area contributed by atoms with Crippen LogP contribution in [0.15, 0.2) is 66.3 Å². The number of Topliss-reactive ketones (excluding diaryl/α,β-unsaturated/α-hetero) is 2. The summed E-state index contributed by atoms with van der Waals surface area (Å²) in [6, 6.07) is 7.33. The summed E-state index contributed by atoms with van der Waals surface area (Å²) in [5.74, 6) is -7.80. The van der Waals surface area contributed by atoms with E-state index in [0.717, 1.165) is 5.57 Å². The molecule has 14 atom stereocenters. The molecule has 3 aliphatic heterocycles. The zero-order valence-electron chi connectivity index (χ0n) is 40.9. The number of anilines is 1. The summed E-state index contributed by atoms with van der Waals surface area (Å²) in [7, 11) is 3.06. The van der Waals surface area contributed by atoms with E-state index in [2.05, 4.69) is 17.2 Å². The highest BCUT2D eigenvalue weighted by Gasteiger charge is 2.56. The van der Waals surface area contributed by atoms with Crippen LogP contribution in [0.1, 0.15) is 112 Å². The van der Waals surface area contributed by atoms with Gasteiger partial charge < -0.3 is 49.4 Å². The van der Waals surface area contributed by atoms with E-state index in [-0.39, 0.29) is 68.2 Å². The smallest absolute Gasteiger partial charge is 0.329 e. The number of ether oxygens (including phenoxy) is 5. The summed E-state index contributed by atoms with van der Waals surface area (Å²) in [5.41, 5.74) is 2.28. The van der Waals surface area contributed by atoms with Gasteiger partial charge in [-0.2, -0.15) is 0 Å². The third-order valence-corrected chi connectivity index (χ3v) is 14.4. The summed E-state index contributed by atoms with van der Waals surface area (Å²) in [5, 5.41) is 30.0. The van der Waals surface area contributed by atoms with Gasteiger partial charge in [-0.3, -0.25) is 14.4 Å². The minimum atomic E-state index is -2.53. The van der Waals surface area contributed by atoms with Crippen molar-refractivity contribution < 1.29 is 57.9 Å². The van der Waals surface area contributed by atoms with Crippen molar-refractivity contribution in [1.82, 2.24) is 10.2 Å². The zero-order chi connectivity index (χ0) is 49.0. The molecule has 15 nitrogen and oxygen atoms in total. The molecule has 372 valence electrons. The van der Waals surface area contributed by atoms with Gasteiger partial charge in [-0.1, -0.05) is 69.7 Å². The lowest BCUT2D eigenvalue weighted by molar-refractivity contribution is -0.302. The largest absolute Gasteiger partial charge is 0.456 e. The molecule has 0 spiro atoms. The van der Waals surface area contributed by atoms with Crippen LogP contribution in [0.25, 0.3) is 0 Å². The lowest BCUT2D eigenvalue weighted by atomic mass is 9.81. The molecule has 4 aliphatic rings. The maximum Gasteiger partial charge on any atom is 0.329 e. The molecule has 14 unspecified atom stereocenters. The van der Waals surface area contributed by atoms with Crippen LogP contribution in [0.4, 0.5) is 10.5 Å². The number of fused-ring (bicyclic) bond motifs is 3. The standard InChI is InChI=1S/C52H77N3O12/c1-10-23-65-43-29-36(20-21-39(43)54-51(61)53-38-17-13-12-14-18-38)27-33(5)46-35(7)41(56)30-42(57)37(11-2)25-31(3)24-32(4)26-44(63-8)47-45(64-9)28-34(6)52(62,67-47)48(58)49(59)55-22-16-15-19-40(55)50(60)66-46/h10,12-14,17-18,25,27,32,34-37,39-41,43-47,56,62H,1,11,15-16,19-24,26,28-30H2,2-9H3,(H2,53,54,61)/b31-25+,33-27?. The van der Waals surface area contributed by atoms with Gasteiger partial charge in [0.2, 0.25) is 5.79 Å². The first kappa shape index (κ1) is 53.7. The van der Waals surface area contributed by atoms with Gasteiger partial charge in [0.1, 0.15) is 24.0 Å². The van der Waals surface area contributed by atoms with Crippen LogP contribution < -0.4 is 10.6 Å². The normalized spacial score (nSPS) is 36.4. The Hall–Kier alpha value is -4.25. The maximum atomic E-state index is 14.6. The van der Waals surface area contributed by atoms with Crippen molar-refractivity contribution in [1.29, 1.82) is 0 Å². The van der Waals surface area contributed by atoms with Crippen LogP contribution in [-0.2, 0) is 42.9 Å². The van der Waals surface area contributed by atoms with Crippen molar-refractivity contribution in [2.45, 2.75) is 167 Å². The van der Waals surface area contributed by atoms with Crippen molar-refractivity contribution in [3.05, 3.63) is 66.3 Å². The second-order valence-corrected chi connectivity index (χ2v) is 19.5. The van der Waals surface area contributed by atoms with Crippen LogP contribution in [-0.4, -0.2) is 126 Å². The molecule has 2 saturated heterocycles. The Morgan fingerprint density at radius 3 is 2.34 bits per heavy atom. The van der Waals surface area contributed by atoms with Crippen molar-refractivity contribution in [3.63, 3.8) is 0 Å². The molecular weight excluding hydrogens is 859 g/mol. The number of methoxy groups -OCH3 is 2. The number of benzene rings is 1. The molecule has 67 heavy (non-hydrogen) atoms. The molecule has 1 aromatic carbocycles. The number of urea groups is 1. The molecule has 0 aromatic heterocycles. The molecular formula is C52H77N3O12. The number of carbonyl (C=O) groups excluding carboxylic acids is 5. The van der Waals surface area contributed by atoms with E-state index in [1.54, 1.807) is 32.1 Å². The lowest BCUT2D eigenvalue weighted by Gasteiger charge is -2.47. The number of hydrogen-bond acceptors (Lipinski definition) is 12. The van der Waals surface area contributed by atoms with E-state index < -0.39 is 77.8 Å². The Morgan fingerprint density at radius 1 is 0.970 bits per heavy atom. The number of nitrogens with zero attached hydrogens (tertiary/aromatic N) is 1. The number of hydrogen-bond donors (Lipinski definition) is 4. The van der Waals surface area contributed by atoms with Crippen LogP contribution in [0.3, 0.4) is 0 Å². The fourth-order valence-corrected chi connectivity index (χ4v) is 10.6. The van der Waals surface area contributed by atoms with Gasteiger partial charge in [0.15, 0.2) is 0 Å². The van der Waals surface area contributed by atoms with E-state index >= 15 is 0 Å². The Kier molecular flexibility index (Phi) is 19.9. The number of esters is 1. The molecule has 2 bridgehead atoms. The number of allylic oxidation sites excluding steroid dienone is 3. The summed E-state index contributed by atoms with van der Waals surface area (Å²) in [4.78, 5) is 71.5. The van der Waals surface area contributed by atoms with Gasteiger partial charge in [-0.05, 0) is 108 Å². The number of cyclic esters (lactones) is 1. The molecule has 3 fully saturated rings. The van der Waals surface area contributed by atoms with E-state index in [0.29, 0.717) is 62.6 Å². The second kappa shape index (κ2) is 24.9. The lowest BCUT2D eigenvalue weighted by Crippen LogP contribution is -2.64. The molecule has 15 heteroatoms. The maximum absolute atomic E-state index is 14.6. The summed E-state index contributed by atoms with van der Waals surface area (Å²) in [6.07, 6.45) is 5.61. The highest BCUT2D eigenvalue weighted by atomic mass is 16.7. The number of rotatable bonds is 10. The molecule has 3 heterocycles. The van der Waals surface area contributed by atoms with E-state index in [9.17, 15) is 34.2 Å². The number of aliphatic hydroxyl groups excluding tert-OH is 1. The SMILES string of the molecule is C=CCOC1CC(C=C(C)C2OC(=O)C3CCCCN3C(=O)C(=O)C3(O)OC(C(OC)CC(C)C/C(C)=C/C(CC)C(=O)CC(O)C2C)C(OC)CC3C)CCC1NC(=O)Nc1ccccc1. The van der Waals surface area contributed by atoms with Crippen LogP contribution in [0.5, 0.6) is 0 Å². The summed E-state index contributed by atoms with van der Waals surface area (Å²) in [6.45, 7) is 15.3. The molecule has 1 aromatic rings. The summed E-state index contributed by atoms with van der Waals surface area (Å²) >= 11 is 0. The fourth-order valence-electron chi connectivity index (χ4n) is 10.6. The predicted molar refractivity (Wildman–Crippen MR) is 254 cm³/mol. The fraction of sp³-hybridized carbons (Fsp3) is 0.673. The van der Waals surface area contributed by atoms with Crippen molar-refractivity contribution >= 4 is 35.2 Å². The van der Waals surface area contributed by atoms with Gasteiger partial charge in [-0.15, -0.1) is 6.58 Å². The summed E-state index contributed by atoms with van der Waals surface area (Å²) < 4.78 is 30.6. The van der Waals surface area contributed by atoms with E-state index in [1.165, 1.54) is 19.1 Å². The Morgan fingerprint density at radius 2 is 1.67 bits per heavy atom. The molecule has 3 amide bonds. The highest BCUT2D eigenvalue weighted by Crippen LogP contribution is 2.39. The first-order valence-corrected chi connectivity index (χ1v) is 24.4. The van der Waals surface area contributed by atoms with E-state index in [4.69, 9.17) is 23.7 Å². The molecule has 4 N–H and O–H groups in total. The number of ketones is 2. The molecule has 1 saturated carbocycles. The van der Waals surface area contributed by atoms with Crippen molar-refractivity contribution in [3.8, 4) is 0 Å². The Balaban J connectivity index is 1.47. The number of carbonyl (C=O) groups is 5. The van der Waals surface area contributed by atoms with Crippen molar-refractivity contribution in [2.75, 3.05) is 32.7 Å². The minimum absolute atomic E-state index is 0.0153. The minimum Gasteiger partial charge on any atom is -0.456 e. The van der Waals surface area contributed by atoms with Gasteiger partial charge >= 0.3 is 12.0 Å². The van der Waals surface area contributed by atoms with Crippen LogP contribution in [0.2, 0.25) is 0 Å². The highest BCUT2D eigenvalue weighted by molar-refractivity contribution is 6.39. The van der Waals surface area contributed by atoms with Gasteiger partial charge in [0, 0.05) is 50.6 Å². The van der Waals surface area contributed by atoms with Gasteiger partial charge in [0.25, 0.3) is 11.7 Å². The van der Waals surface area contributed by atoms with Crippen LogP contribution in [0, 0.1) is 29.6 Å². The topological polar surface area (TPSA) is 199 Å². The number of para-hydroxylation sites is 1. The van der Waals surface area contributed by atoms with E-state index in [1.807, 2.05) is 58.0 Å². The first-order valence-electron chi connectivity index (χ1n) is 24.4. The molecule has 5 rings (SSSR count). The predicted octanol–water partition coefficient (Wildman–Crippen LogP) is 6.86.